The Bertz CT molecular complexity index is 600. The second-order valence-electron chi connectivity index (χ2n) is 9.85. The van der Waals surface area contributed by atoms with E-state index in [1.54, 1.807) is 6.08 Å². The van der Waals surface area contributed by atoms with E-state index in [0.29, 0.717) is 29.8 Å². The van der Waals surface area contributed by atoms with E-state index in [1.807, 2.05) is 13.0 Å². The molecule has 6 heteroatoms. The molecule has 0 fully saturated rings. The predicted molar refractivity (Wildman–Crippen MR) is 135 cm³/mol. The Morgan fingerprint density at radius 2 is 1.47 bits per heavy atom. The molecule has 0 heterocycles. The predicted octanol–water partition coefficient (Wildman–Crippen LogP) is 6.98. The van der Waals surface area contributed by atoms with Crippen molar-refractivity contribution < 1.29 is 23.5 Å². The van der Waals surface area contributed by atoms with Gasteiger partial charge in [0.2, 0.25) is 8.32 Å². The standard InChI is InChI=1S/C26H48O5Si/c1-11-12-16-29-26(28)15-13-14-22(8)17-25(23(9)18-30-24(10)27)31-32(19(2)3,20(4)5)21(6)7/h13-15,19-21,23,25H,11-12,16-18H2,1-10H3/b15-13+,22-14+/t23-,25-/m1/s1. The molecule has 0 N–H and O–H groups in total. The molecule has 0 saturated heterocycles. The number of unbranched alkanes of at least 4 members (excludes halogenated alkanes) is 1. The van der Waals surface area contributed by atoms with Crippen LogP contribution in [-0.2, 0) is 23.5 Å². The zero-order chi connectivity index (χ0) is 24.9. The summed E-state index contributed by atoms with van der Waals surface area (Å²) in [6.45, 7) is 22.1. The van der Waals surface area contributed by atoms with Gasteiger partial charge in [0.1, 0.15) is 0 Å². The van der Waals surface area contributed by atoms with Crippen molar-refractivity contribution in [2.45, 2.75) is 111 Å². The van der Waals surface area contributed by atoms with E-state index in [4.69, 9.17) is 13.9 Å². The minimum atomic E-state index is -2.10. The third-order valence-electron chi connectivity index (χ3n) is 6.13. The fourth-order valence-electron chi connectivity index (χ4n) is 4.43. The second kappa shape index (κ2) is 15.4. The summed E-state index contributed by atoms with van der Waals surface area (Å²) in [5.41, 5.74) is 2.51. The Kier molecular flexibility index (Phi) is 14.8. The molecule has 0 aliphatic carbocycles. The van der Waals surface area contributed by atoms with Crippen molar-refractivity contribution in [2.75, 3.05) is 13.2 Å². The molecule has 0 aliphatic rings. The summed E-state index contributed by atoms with van der Waals surface area (Å²) in [7, 11) is -2.10. The second-order valence-corrected chi connectivity index (χ2v) is 15.3. The van der Waals surface area contributed by atoms with Crippen molar-refractivity contribution in [3.05, 3.63) is 23.8 Å². The van der Waals surface area contributed by atoms with Crippen LogP contribution in [0.5, 0.6) is 0 Å². The summed E-state index contributed by atoms with van der Waals surface area (Å²) in [5.74, 6) is -0.523. The third-order valence-corrected chi connectivity index (χ3v) is 12.3. The van der Waals surface area contributed by atoms with Gasteiger partial charge in [-0.15, -0.1) is 0 Å². The van der Waals surface area contributed by atoms with Gasteiger partial charge >= 0.3 is 11.9 Å². The lowest BCUT2D eigenvalue weighted by Crippen LogP contribution is -2.51. The molecule has 5 nitrogen and oxygen atoms in total. The van der Waals surface area contributed by atoms with E-state index in [0.717, 1.165) is 24.8 Å². The van der Waals surface area contributed by atoms with Gasteiger partial charge in [0.05, 0.1) is 19.3 Å². The average Bonchev–Trinajstić information content (AvgIpc) is 2.68. The van der Waals surface area contributed by atoms with Crippen LogP contribution in [0.2, 0.25) is 16.6 Å². The molecule has 32 heavy (non-hydrogen) atoms. The van der Waals surface area contributed by atoms with Crippen LogP contribution in [0.15, 0.2) is 23.8 Å². The molecular formula is C26H48O5Si. The summed E-state index contributed by atoms with van der Waals surface area (Å²) in [6.07, 6.45) is 7.69. The van der Waals surface area contributed by atoms with E-state index in [2.05, 4.69) is 55.4 Å². The Morgan fingerprint density at radius 3 is 1.94 bits per heavy atom. The molecule has 0 aromatic heterocycles. The largest absolute Gasteiger partial charge is 0.465 e. The number of hydrogen-bond acceptors (Lipinski definition) is 5. The number of allylic oxidation sites excluding steroid dienone is 2. The minimum absolute atomic E-state index is 0.0608. The Morgan fingerprint density at radius 1 is 0.906 bits per heavy atom. The average molecular weight is 469 g/mol. The zero-order valence-electron chi connectivity index (χ0n) is 22.2. The monoisotopic (exact) mass is 468 g/mol. The zero-order valence-corrected chi connectivity index (χ0v) is 23.2. The van der Waals surface area contributed by atoms with Gasteiger partial charge in [-0.1, -0.05) is 79.5 Å². The number of carbonyl (C=O) groups excluding carboxylic acids is 2. The van der Waals surface area contributed by atoms with E-state index < -0.39 is 8.32 Å². The molecule has 2 atom stereocenters. The first kappa shape index (κ1) is 30.6. The van der Waals surface area contributed by atoms with Crippen molar-refractivity contribution in [1.82, 2.24) is 0 Å². The number of hydrogen-bond donors (Lipinski definition) is 0. The lowest BCUT2D eigenvalue weighted by atomic mass is 9.99. The Balaban J connectivity index is 5.57. The highest BCUT2D eigenvalue weighted by Crippen LogP contribution is 2.44. The smallest absolute Gasteiger partial charge is 0.330 e. The quantitative estimate of drug-likeness (QED) is 0.0852. The van der Waals surface area contributed by atoms with Crippen molar-refractivity contribution in [3.8, 4) is 0 Å². The topological polar surface area (TPSA) is 61.8 Å². The molecule has 0 spiro atoms. The van der Waals surface area contributed by atoms with Gasteiger partial charge in [-0.05, 0) is 36.4 Å². The fraction of sp³-hybridized carbons (Fsp3) is 0.769. The highest BCUT2D eigenvalue weighted by Gasteiger charge is 2.47. The molecule has 186 valence electrons. The van der Waals surface area contributed by atoms with E-state index in [1.165, 1.54) is 13.0 Å². The van der Waals surface area contributed by atoms with Crippen molar-refractivity contribution in [2.24, 2.45) is 5.92 Å². The number of ether oxygens (including phenoxy) is 2. The highest BCUT2D eigenvalue weighted by molar-refractivity contribution is 6.77. The van der Waals surface area contributed by atoms with Gasteiger partial charge in [0.25, 0.3) is 0 Å². The van der Waals surface area contributed by atoms with Gasteiger partial charge in [-0.25, -0.2) is 4.79 Å². The van der Waals surface area contributed by atoms with E-state index in [-0.39, 0.29) is 24.0 Å². The first-order chi connectivity index (χ1) is 14.9. The Hall–Kier alpha value is -1.40. The van der Waals surface area contributed by atoms with Gasteiger partial charge in [-0.2, -0.15) is 0 Å². The summed E-state index contributed by atoms with van der Waals surface area (Å²) >= 11 is 0. The van der Waals surface area contributed by atoms with Crippen LogP contribution < -0.4 is 0 Å². The molecular weight excluding hydrogens is 420 g/mol. The summed E-state index contributed by atoms with van der Waals surface area (Å²) in [4.78, 5) is 23.2. The van der Waals surface area contributed by atoms with Crippen LogP contribution in [0.3, 0.4) is 0 Å². The molecule has 0 rings (SSSR count). The summed E-state index contributed by atoms with van der Waals surface area (Å²) in [5, 5.41) is 0. The summed E-state index contributed by atoms with van der Waals surface area (Å²) < 4.78 is 17.6. The van der Waals surface area contributed by atoms with Gasteiger partial charge in [0, 0.05) is 18.9 Å². The van der Waals surface area contributed by atoms with Gasteiger partial charge in [-0.3, -0.25) is 4.79 Å². The van der Waals surface area contributed by atoms with Crippen LogP contribution in [0, 0.1) is 5.92 Å². The first-order valence-electron chi connectivity index (χ1n) is 12.2. The summed E-state index contributed by atoms with van der Waals surface area (Å²) in [6, 6.07) is 0. The molecule has 0 unspecified atom stereocenters. The van der Waals surface area contributed by atoms with Gasteiger partial charge < -0.3 is 13.9 Å². The highest BCUT2D eigenvalue weighted by atomic mass is 28.4. The molecule has 0 aromatic rings. The maximum Gasteiger partial charge on any atom is 0.330 e. The molecule has 0 radical (unpaired) electrons. The van der Waals surface area contributed by atoms with Crippen molar-refractivity contribution in [3.63, 3.8) is 0 Å². The molecule has 0 amide bonds. The third kappa shape index (κ3) is 10.5. The van der Waals surface area contributed by atoms with Crippen molar-refractivity contribution in [1.29, 1.82) is 0 Å². The minimum Gasteiger partial charge on any atom is -0.465 e. The fourth-order valence-corrected chi connectivity index (χ4v) is 10.1. The normalized spacial score (nSPS) is 15.0. The molecule has 0 saturated carbocycles. The van der Waals surface area contributed by atoms with E-state index in [9.17, 15) is 9.59 Å². The molecule has 0 aromatic carbocycles. The SMILES string of the molecule is CCCCOC(=O)/C=C/C=C(\C)C[C@@H](O[Si](C(C)C)(C(C)C)C(C)C)[C@H](C)COC(C)=O. The van der Waals surface area contributed by atoms with Crippen LogP contribution in [0.4, 0.5) is 0 Å². The maximum absolute atomic E-state index is 11.8. The van der Waals surface area contributed by atoms with Crippen molar-refractivity contribution >= 4 is 20.3 Å². The van der Waals surface area contributed by atoms with Crippen LogP contribution in [0.25, 0.3) is 0 Å². The number of rotatable bonds is 15. The molecule has 0 bridgehead atoms. The maximum atomic E-state index is 11.8. The molecule has 0 aliphatic heterocycles. The van der Waals surface area contributed by atoms with Crippen LogP contribution >= 0.6 is 0 Å². The Labute approximate surface area is 198 Å². The number of carbonyl (C=O) groups is 2. The number of esters is 2. The first-order valence-corrected chi connectivity index (χ1v) is 14.3. The van der Waals surface area contributed by atoms with E-state index >= 15 is 0 Å². The lowest BCUT2D eigenvalue weighted by molar-refractivity contribution is -0.143. The van der Waals surface area contributed by atoms with Crippen LogP contribution in [0.1, 0.15) is 88.5 Å². The lowest BCUT2D eigenvalue weighted by Gasteiger charge is -2.46. The van der Waals surface area contributed by atoms with Gasteiger partial charge in [0.15, 0.2) is 0 Å². The van der Waals surface area contributed by atoms with Crippen LogP contribution in [-0.4, -0.2) is 39.6 Å².